The van der Waals surface area contributed by atoms with E-state index in [2.05, 4.69) is 5.32 Å². The molecule has 1 aliphatic heterocycles. The number of likely N-dealkylation sites (tertiary alicyclic amines) is 1. The molecule has 20 heavy (non-hydrogen) atoms. The van der Waals surface area contributed by atoms with Gasteiger partial charge in [-0.25, -0.2) is 0 Å². The highest BCUT2D eigenvalue weighted by Crippen LogP contribution is 2.19. The summed E-state index contributed by atoms with van der Waals surface area (Å²) in [5.74, 6) is -1.16. The molecule has 1 aliphatic rings. The van der Waals surface area contributed by atoms with Gasteiger partial charge in [0.05, 0.1) is 5.92 Å². The van der Waals surface area contributed by atoms with Crippen molar-refractivity contribution < 1.29 is 19.5 Å². The van der Waals surface area contributed by atoms with Gasteiger partial charge in [0.1, 0.15) is 0 Å². The van der Waals surface area contributed by atoms with E-state index in [1.807, 2.05) is 13.8 Å². The summed E-state index contributed by atoms with van der Waals surface area (Å²) in [6.07, 6.45) is 2.01. The Hall–Kier alpha value is -1.59. The van der Waals surface area contributed by atoms with E-state index in [4.69, 9.17) is 5.11 Å². The van der Waals surface area contributed by atoms with Crippen LogP contribution in [0.4, 0.5) is 0 Å². The number of amides is 2. The van der Waals surface area contributed by atoms with Crippen LogP contribution in [0.25, 0.3) is 0 Å². The van der Waals surface area contributed by atoms with Gasteiger partial charge in [0, 0.05) is 32.0 Å². The van der Waals surface area contributed by atoms with E-state index >= 15 is 0 Å². The second kappa shape index (κ2) is 6.72. The number of carboxylic acid groups (broad SMARTS) is 1. The lowest BCUT2D eigenvalue weighted by molar-refractivity contribution is -0.139. The summed E-state index contributed by atoms with van der Waals surface area (Å²) >= 11 is 0. The third-order valence-corrected chi connectivity index (χ3v) is 3.66. The molecule has 2 amide bonds. The average Bonchev–Trinajstić information content (AvgIpc) is 2.36. The summed E-state index contributed by atoms with van der Waals surface area (Å²) < 4.78 is 0. The molecule has 2 N–H and O–H groups in total. The third-order valence-electron chi connectivity index (χ3n) is 3.66. The normalized spacial score (nSPS) is 19.6. The maximum atomic E-state index is 12.2. The maximum absolute atomic E-state index is 12.2. The van der Waals surface area contributed by atoms with Crippen molar-refractivity contribution in [1.29, 1.82) is 0 Å². The van der Waals surface area contributed by atoms with Gasteiger partial charge in [0.15, 0.2) is 0 Å². The number of aliphatic carboxylic acids is 1. The summed E-state index contributed by atoms with van der Waals surface area (Å²) in [6, 6.07) is 0. The Bertz CT molecular complexity index is 393. The average molecular weight is 284 g/mol. The smallest absolute Gasteiger partial charge is 0.303 e. The molecular formula is C14H24N2O4. The number of piperidine rings is 1. The van der Waals surface area contributed by atoms with Crippen LogP contribution in [-0.4, -0.2) is 46.4 Å². The number of nitrogens with zero attached hydrogens (tertiary/aromatic N) is 1. The van der Waals surface area contributed by atoms with Crippen LogP contribution in [0.1, 0.15) is 46.5 Å². The molecule has 6 heteroatoms. The van der Waals surface area contributed by atoms with E-state index in [9.17, 15) is 14.4 Å². The Morgan fingerprint density at radius 3 is 2.55 bits per heavy atom. The van der Waals surface area contributed by atoms with Gasteiger partial charge in [-0.15, -0.1) is 0 Å². The molecule has 0 bridgehead atoms. The molecule has 1 saturated heterocycles. The minimum Gasteiger partial charge on any atom is -0.481 e. The van der Waals surface area contributed by atoms with E-state index in [0.29, 0.717) is 19.5 Å². The molecule has 0 spiro atoms. The first-order valence-corrected chi connectivity index (χ1v) is 7.00. The number of carbonyl (C=O) groups is 3. The van der Waals surface area contributed by atoms with E-state index in [-0.39, 0.29) is 24.2 Å². The zero-order valence-electron chi connectivity index (χ0n) is 12.4. The zero-order valence-corrected chi connectivity index (χ0v) is 12.4. The largest absolute Gasteiger partial charge is 0.481 e. The molecule has 0 unspecified atom stereocenters. The van der Waals surface area contributed by atoms with E-state index in [0.717, 1.165) is 12.8 Å². The number of nitrogens with one attached hydrogen (secondary N) is 1. The molecule has 1 fully saturated rings. The van der Waals surface area contributed by atoms with Gasteiger partial charge in [0.2, 0.25) is 11.8 Å². The molecule has 1 rings (SSSR count). The SMILES string of the molecule is CC(=O)N1CCC[C@H](C(=O)NC(C)(C)CCC(=O)O)C1. The molecule has 0 aromatic carbocycles. The van der Waals surface area contributed by atoms with Crippen molar-refractivity contribution in [3.05, 3.63) is 0 Å². The fraction of sp³-hybridized carbons (Fsp3) is 0.786. The van der Waals surface area contributed by atoms with Crippen LogP contribution in [0.3, 0.4) is 0 Å². The number of carboxylic acids is 1. The Kier molecular flexibility index (Phi) is 5.53. The first kappa shape index (κ1) is 16.5. The molecule has 6 nitrogen and oxygen atoms in total. The summed E-state index contributed by atoms with van der Waals surface area (Å²) in [5.41, 5.74) is -0.548. The number of hydrogen-bond donors (Lipinski definition) is 2. The van der Waals surface area contributed by atoms with Crippen LogP contribution >= 0.6 is 0 Å². The van der Waals surface area contributed by atoms with E-state index in [1.165, 1.54) is 6.92 Å². The Balaban J connectivity index is 2.52. The van der Waals surface area contributed by atoms with Crippen LogP contribution in [0.5, 0.6) is 0 Å². The van der Waals surface area contributed by atoms with Crippen molar-refractivity contribution in [2.45, 2.75) is 52.0 Å². The van der Waals surface area contributed by atoms with Crippen molar-refractivity contribution >= 4 is 17.8 Å². The van der Waals surface area contributed by atoms with Gasteiger partial charge in [-0.3, -0.25) is 14.4 Å². The lowest BCUT2D eigenvalue weighted by atomic mass is 9.93. The molecule has 0 saturated carbocycles. The third kappa shape index (κ3) is 5.19. The van der Waals surface area contributed by atoms with Crippen LogP contribution in [0.15, 0.2) is 0 Å². The van der Waals surface area contributed by atoms with Crippen LogP contribution in [0, 0.1) is 5.92 Å². The summed E-state index contributed by atoms with van der Waals surface area (Å²) in [5, 5.41) is 11.6. The fourth-order valence-electron chi connectivity index (χ4n) is 2.39. The number of carbonyl (C=O) groups excluding carboxylic acids is 2. The van der Waals surface area contributed by atoms with Crippen LogP contribution in [0.2, 0.25) is 0 Å². The lowest BCUT2D eigenvalue weighted by Crippen LogP contribution is -2.50. The summed E-state index contributed by atoms with van der Waals surface area (Å²) in [4.78, 5) is 35.9. The zero-order chi connectivity index (χ0) is 15.3. The van der Waals surface area contributed by atoms with Crippen LogP contribution in [-0.2, 0) is 14.4 Å². The molecular weight excluding hydrogens is 260 g/mol. The Morgan fingerprint density at radius 2 is 2.00 bits per heavy atom. The first-order chi connectivity index (χ1) is 9.21. The monoisotopic (exact) mass is 284 g/mol. The van der Waals surface area contributed by atoms with Crippen molar-refractivity contribution in [3.63, 3.8) is 0 Å². The maximum Gasteiger partial charge on any atom is 0.303 e. The predicted molar refractivity (Wildman–Crippen MR) is 74.1 cm³/mol. The molecule has 0 aromatic heterocycles. The second-order valence-electron chi connectivity index (χ2n) is 6.07. The quantitative estimate of drug-likeness (QED) is 0.788. The van der Waals surface area contributed by atoms with Gasteiger partial charge < -0.3 is 15.3 Å². The predicted octanol–water partition coefficient (Wildman–Crippen LogP) is 1.00. The minimum absolute atomic E-state index is 0.00682. The van der Waals surface area contributed by atoms with E-state index < -0.39 is 11.5 Å². The van der Waals surface area contributed by atoms with Crippen molar-refractivity contribution in [3.8, 4) is 0 Å². The molecule has 0 radical (unpaired) electrons. The molecule has 114 valence electrons. The fourth-order valence-corrected chi connectivity index (χ4v) is 2.39. The van der Waals surface area contributed by atoms with Gasteiger partial charge in [-0.2, -0.15) is 0 Å². The second-order valence-corrected chi connectivity index (χ2v) is 6.07. The Morgan fingerprint density at radius 1 is 1.35 bits per heavy atom. The van der Waals surface area contributed by atoms with Crippen molar-refractivity contribution in [2.24, 2.45) is 5.92 Å². The van der Waals surface area contributed by atoms with Gasteiger partial charge in [0.25, 0.3) is 0 Å². The minimum atomic E-state index is -0.868. The topological polar surface area (TPSA) is 86.7 Å². The number of rotatable bonds is 5. The molecule has 0 aliphatic carbocycles. The molecule has 0 aromatic rings. The van der Waals surface area contributed by atoms with E-state index in [1.54, 1.807) is 4.90 Å². The highest BCUT2D eigenvalue weighted by molar-refractivity contribution is 5.81. The van der Waals surface area contributed by atoms with Gasteiger partial charge >= 0.3 is 5.97 Å². The number of hydrogen-bond acceptors (Lipinski definition) is 3. The van der Waals surface area contributed by atoms with Crippen molar-refractivity contribution in [2.75, 3.05) is 13.1 Å². The van der Waals surface area contributed by atoms with Gasteiger partial charge in [-0.05, 0) is 33.1 Å². The summed E-state index contributed by atoms with van der Waals surface area (Å²) in [6.45, 7) is 6.31. The lowest BCUT2D eigenvalue weighted by Gasteiger charge is -2.34. The molecule has 1 atom stereocenters. The Labute approximate surface area is 119 Å². The van der Waals surface area contributed by atoms with Crippen LogP contribution < -0.4 is 5.32 Å². The highest BCUT2D eigenvalue weighted by Gasteiger charge is 2.30. The van der Waals surface area contributed by atoms with Gasteiger partial charge in [-0.1, -0.05) is 0 Å². The van der Waals surface area contributed by atoms with Crippen molar-refractivity contribution in [1.82, 2.24) is 10.2 Å². The standard InChI is InChI=1S/C14H24N2O4/c1-10(17)16-8-4-5-11(9-16)13(20)15-14(2,3)7-6-12(18)19/h11H,4-9H2,1-3H3,(H,15,20)(H,18,19)/t11-/m0/s1. The first-order valence-electron chi connectivity index (χ1n) is 7.00. The molecule has 1 heterocycles. The summed E-state index contributed by atoms with van der Waals surface area (Å²) in [7, 11) is 0. The highest BCUT2D eigenvalue weighted by atomic mass is 16.4.